The standard InChI is InChI=1S/C24H17BrFN3O4/c25-18-13-15(12-17-23(31)28-29(24(17)32)16-6-2-1-3-7-16)10-11-21(18)33-14-22(30)27-20-9-5-4-8-19(20)26/h1-13H,14H2,(H,27,30)(H,28,31)/b17-12-. The Morgan fingerprint density at radius 1 is 1.06 bits per heavy atom. The second kappa shape index (κ2) is 9.66. The highest BCUT2D eigenvalue weighted by Gasteiger charge is 2.34. The molecular weight excluding hydrogens is 493 g/mol. The largest absolute Gasteiger partial charge is 0.483 e. The number of nitrogens with one attached hydrogen (secondary N) is 2. The average Bonchev–Trinajstić information content (AvgIpc) is 3.09. The van der Waals surface area contributed by atoms with Crippen LogP contribution in [-0.2, 0) is 14.4 Å². The predicted octanol–water partition coefficient (Wildman–Crippen LogP) is 4.07. The number of amides is 3. The average molecular weight is 510 g/mol. The van der Waals surface area contributed by atoms with E-state index in [0.717, 1.165) is 0 Å². The van der Waals surface area contributed by atoms with Crippen molar-refractivity contribution in [3.63, 3.8) is 0 Å². The van der Waals surface area contributed by atoms with Crippen LogP contribution < -0.4 is 20.5 Å². The maximum atomic E-state index is 13.6. The minimum absolute atomic E-state index is 0.0105. The molecule has 1 aliphatic heterocycles. The summed E-state index contributed by atoms with van der Waals surface area (Å²) in [5.74, 6) is -1.67. The SMILES string of the molecule is O=C(COc1ccc(/C=C2/C(=O)NN(c3ccccc3)C2=O)cc1Br)Nc1ccccc1F. The maximum absolute atomic E-state index is 13.6. The van der Waals surface area contributed by atoms with Crippen LogP contribution in [0.1, 0.15) is 5.56 Å². The normalized spacial score (nSPS) is 14.4. The van der Waals surface area contributed by atoms with Gasteiger partial charge in [-0.15, -0.1) is 0 Å². The van der Waals surface area contributed by atoms with Crippen LogP contribution in [0.15, 0.2) is 82.8 Å². The molecule has 1 heterocycles. The number of hydrogen-bond donors (Lipinski definition) is 2. The second-order valence-electron chi connectivity index (χ2n) is 6.98. The van der Waals surface area contributed by atoms with E-state index in [1.54, 1.807) is 48.5 Å². The summed E-state index contributed by atoms with van der Waals surface area (Å²) in [5, 5.41) is 3.63. The summed E-state index contributed by atoms with van der Waals surface area (Å²) in [6.07, 6.45) is 1.47. The Morgan fingerprint density at radius 3 is 2.52 bits per heavy atom. The van der Waals surface area contributed by atoms with Crippen molar-refractivity contribution in [2.75, 3.05) is 16.9 Å². The van der Waals surface area contributed by atoms with Crippen molar-refractivity contribution in [3.05, 3.63) is 94.2 Å². The minimum atomic E-state index is -0.541. The molecule has 4 rings (SSSR count). The lowest BCUT2D eigenvalue weighted by Gasteiger charge is -2.13. The van der Waals surface area contributed by atoms with Crippen molar-refractivity contribution < 1.29 is 23.5 Å². The van der Waals surface area contributed by atoms with Gasteiger partial charge >= 0.3 is 0 Å². The highest BCUT2D eigenvalue weighted by molar-refractivity contribution is 9.10. The molecule has 1 aliphatic rings. The summed E-state index contributed by atoms with van der Waals surface area (Å²) in [7, 11) is 0. The van der Waals surface area contributed by atoms with Crippen molar-refractivity contribution in [1.29, 1.82) is 0 Å². The number of anilines is 2. The topological polar surface area (TPSA) is 87.7 Å². The molecule has 1 fully saturated rings. The minimum Gasteiger partial charge on any atom is -0.483 e. The first-order chi connectivity index (χ1) is 15.9. The Morgan fingerprint density at radius 2 is 1.79 bits per heavy atom. The Hall–Kier alpha value is -3.98. The van der Waals surface area contributed by atoms with Crippen molar-refractivity contribution in [2.45, 2.75) is 0 Å². The first kappa shape index (κ1) is 22.2. The Labute approximate surface area is 197 Å². The molecule has 3 aromatic rings. The van der Waals surface area contributed by atoms with Gasteiger partial charge in [0.05, 0.1) is 15.8 Å². The van der Waals surface area contributed by atoms with E-state index in [0.29, 0.717) is 21.5 Å². The number of carbonyl (C=O) groups is 3. The molecule has 0 spiro atoms. The highest BCUT2D eigenvalue weighted by Crippen LogP contribution is 2.28. The Kier molecular flexibility index (Phi) is 6.50. The van der Waals surface area contributed by atoms with Gasteiger partial charge in [0.25, 0.3) is 17.7 Å². The summed E-state index contributed by atoms with van der Waals surface area (Å²) in [5.41, 5.74) is 3.73. The van der Waals surface area contributed by atoms with E-state index in [4.69, 9.17) is 4.74 Å². The molecule has 0 aliphatic carbocycles. The lowest BCUT2D eigenvalue weighted by atomic mass is 10.1. The van der Waals surface area contributed by atoms with Gasteiger partial charge in [-0.25, -0.2) is 9.40 Å². The molecule has 0 aromatic heterocycles. The monoisotopic (exact) mass is 509 g/mol. The third-order valence-corrected chi connectivity index (χ3v) is 5.30. The number of halogens is 2. The number of hydrazine groups is 1. The molecule has 7 nitrogen and oxygen atoms in total. The van der Waals surface area contributed by atoms with Crippen molar-refractivity contribution >= 4 is 51.1 Å². The number of benzene rings is 3. The number of para-hydroxylation sites is 2. The fourth-order valence-electron chi connectivity index (χ4n) is 3.10. The van der Waals surface area contributed by atoms with E-state index in [1.165, 1.54) is 29.3 Å². The van der Waals surface area contributed by atoms with E-state index in [9.17, 15) is 18.8 Å². The molecule has 0 unspecified atom stereocenters. The van der Waals surface area contributed by atoms with Gasteiger partial charge in [-0.3, -0.25) is 19.8 Å². The molecule has 9 heteroatoms. The van der Waals surface area contributed by atoms with E-state index in [-0.39, 0.29) is 17.9 Å². The predicted molar refractivity (Wildman–Crippen MR) is 125 cm³/mol. The second-order valence-corrected chi connectivity index (χ2v) is 7.84. The summed E-state index contributed by atoms with van der Waals surface area (Å²) in [6.45, 7) is -0.333. The lowest BCUT2D eigenvalue weighted by Crippen LogP contribution is -2.35. The molecule has 0 atom stereocenters. The summed E-state index contributed by atoms with van der Waals surface area (Å²) in [4.78, 5) is 37.1. The summed E-state index contributed by atoms with van der Waals surface area (Å²) in [6, 6.07) is 19.5. The molecule has 1 saturated heterocycles. The molecule has 33 heavy (non-hydrogen) atoms. The van der Waals surface area contributed by atoms with E-state index < -0.39 is 23.5 Å². The quantitative estimate of drug-likeness (QED) is 0.387. The zero-order valence-electron chi connectivity index (χ0n) is 17.0. The first-order valence-corrected chi connectivity index (χ1v) is 10.6. The third-order valence-electron chi connectivity index (χ3n) is 4.68. The van der Waals surface area contributed by atoms with Crippen LogP contribution in [-0.4, -0.2) is 24.3 Å². The van der Waals surface area contributed by atoms with Crippen LogP contribution in [0.5, 0.6) is 5.75 Å². The molecular formula is C24H17BrFN3O4. The van der Waals surface area contributed by atoms with Gasteiger partial charge in [-0.2, -0.15) is 0 Å². The van der Waals surface area contributed by atoms with Crippen LogP contribution in [0.2, 0.25) is 0 Å². The van der Waals surface area contributed by atoms with Crippen LogP contribution >= 0.6 is 15.9 Å². The van der Waals surface area contributed by atoms with Gasteiger partial charge in [0, 0.05) is 0 Å². The fraction of sp³-hybridized carbons (Fsp3) is 0.0417. The van der Waals surface area contributed by atoms with E-state index >= 15 is 0 Å². The van der Waals surface area contributed by atoms with E-state index in [1.807, 2.05) is 6.07 Å². The van der Waals surface area contributed by atoms with Crippen molar-refractivity contribution in [3.8, 4) is 5.75 Å². The van der Waals surface area contributed by atoms with Crippen LogP contribution in [0, 0.1) is 5.82 Å². The Bertz CT molecular complexity index is 1260. The van der Waals surface area contributed by atoms with Gasteiger partial charge in [-0.1, -0.05) is 36.4 Å². The number of ether oxygens (including phenoxy) is 1. The lowest BCUT2D eigenvalue weighted by molar-refractivity contribution is -0.118. The van der Waals surface area contributed by atoms with Crippen molar-refractivity contribution in [1.82, 2.24) is 5.43 Å². The zero-order chi connectivity index (χ0) is 23.4. The molecule has 166 valence electrons. The van der Waals surface area contributed by atoms with Gasteiger partial charge in [-0.05, 0) is 64.0 Å². The highest BCUT2D eigenvalue weighted by atomic mass is 79.9. The molecule has 3 amide bonds. The summed E-state index contributed by atoms with van der Waals surface area (Å²) < 4.78 is 19.7. The van der Waals surface area contributed by atoms with Gasteiger partial charge in [0.2, 0.25) is 0 Å². The number of carbonyl (C=O) groups excluding carboxylic acids is 3. The third kappa shape index (κ3) is 5.09. The number of hydrogen-bond acceptors (Lipinski definition) is 4. The van der Waals surface area contributed by atoms with Crippen LogP contribution in [0.3, 0.4) is 0 Å². The molecule has 0 saturated carbocycles. The molecule has 0 bridgehead atoms. The Balaban J connectivity index is 1.43. The molecule has 3 aromatic carbocycles. The molecule has 0 radical (unpaired) electrons. The first-order valence-electron chi connectivity index (χ1n) is 9.81. The zero-order valence-corrected chi connectivity index (χ0v) is 18.6. The smallest absolute Gasteiger partial charge is 0.282 e. The van der Waals surface area contributed by atoms with Crippen molar-refractivity contribution in [2.24, 2.45) is 0 Å². The summed E-state index contributed by atoms with van der Waals surface area (Å²) >= 11 is 3.36. The van der Waals surface area contributed by atoms with E-state index in [2.05, 4.69) is 26.7 Å². The van der Waals surface area contributed by atoms with Gasteiger partial charge in [0.1, 0.15) is 17.1 Å². The number of nitrogens with zero attached hydrogens (tertiary/aromatic N) is 1. The van der Waals surface area contributed by atoms with Gasteiger partial charge < -0.3 is 10.1 Å². The van der Waals surface area contributed by atoms with Crippen LogP contribution in [0.25, 0.3) is 6.08 Å². The molecule has 2 N–H and O–H groups in total. The maximum Gasteiger partial charge on any atom is 0.282 e. The number of rotatable bonds is 6. The van der Waals surface area contributed by atoms with Gasteiger partial charge in [0.15, 0.2) is 6.61 Å². The fourth-order valence-corrected chi connectivity index (χ4v) is 3.61. The van der Waals surface area contributed by atoms with Crippen LogP contribution in [0.4, 0.5) is 15.8 Å².